The number of benzene rings is 1. The second-order valence-electron chi connectivity index (χ2n) is 7.50. The van der Waals surface area contributed by atoms with Crippen LogP contribution in [0.15, 0.2) is 28.7 Å². The van der Waals surface area contributed by atoms with Crippen LogP contribution in [-0.4, -0.2) is 67.2 Å². The SMILES string of the molecule is O=C(CN1CCOC(c2cccc(Br)c2)C1)N1CCOC2CCCCC21. The summed E-state index contributed by atoms with van der Waals surface area (Å²) in [6.07, 6.45) is 4.89. The van der Waals surface area contributed by atoms with E-state index in [1.165, 1.54) is 12.8 Å². The minimum absolute atomic E-state index is 0.0289. The largest absolute Gasteiger partial charge is 0.374 e. The first-order valence-corrected chi connectivity index (χ1v) is 10.5. The lowest BCUT2D eigenvalue weighted by molar-refractivity contribution is -0.152. The van der Waals surface area contributed by atoms with Crippen molar-refractivity contribution in [1.82, 2.24) is 9.80 Å². The van der Waals surface area contributed by atoms with Gasteiger partial charge in [0.15, 0.2) is 0 Å². The Morgan fingerprint density at radius 3 is 2.88 bits per heavy atom. The maximum absolute atomic E-state index is 13.0. The standard InChI is InChI=1S/C20H27BrN2O3/c21-16-5-3-4-15(12-16)19-13-22(8-10-26-19)14-20(24)23-9-11-25-18-7-2-1-6-17(18)23/h3-5,12,17-19H,1-2,6-11,13-14H2. The Morgan fingerprint density at radius 2 is 2.00 bits per heavy atom. The average Bonchev–Trinajstić information content (AvgIpc) is 2.68. The molecule has 0 spiro atoms. The molecule has 142 valence electrons. The Labute approximate surface area is 163 Å². The maximum atomic E-state index is 13.0. The Hall–Kier alpha value is -0.950. The predicted octanol–water partition coefficient (Wildman–Crippen LogP) is 2.99. The average molecular weight is 423 g/mol. The van der Waals surface area contributed by atoms with Crippen LogP contribution in [0.1, 0.15) is 37.4 Å². The predicted molar refractivity (Wildman–Crippen MR) is 103 cm³/mol. The van der Waals surface area contributed by atoms with E-state index >= 15 is 0 Å². The monoisotopic (exact) mass is 422 g/mol. The highest BCUT2D eigenvalue weighted by Crippen LogP contribution is 2.29. The molecule has 2 saturated heterocycles. The summed E-state index contributed by atoms with van der Waals surface area (Å²) in [5, 5.41) is 0. The van der Waals surface area contributed by atoms with Gasteiger partial charge in [-0.1, -0.05) is 40.9 Å². The summed E-state index contributed by atoms with van der Waals surface area (Å²) in [5.74, 6) is 0.250. The van der Waals surface area contributed by atoms with Gasteiger partial charge in [-0.15, -0.1) is 0 Å². The second kappa shape index (κ2) is 8.38. The van der Waals surface area contributed by atoms with Crippen LogP contribution in [0, 0.1) is 0 Å². The first-order valence-electron chi connectivity index (χ1n) is 9.71. The number of morpholine rings is 2. The number of rotatable bonds is 3. The van der Waals surface area contributed by atoms with E-state index in [4.69, 9.17) is 9.47 Å². The molecule has 5 nitrogen and oxygen atoms in total. The fourth-order valence-corrected chi connectivity index (χ4v) is 4.86. The third-order valence-corrected chi connectivity index (χ3v) is 6.28. The van der Waals surface area contributed by atoms with E-state index < -0.39 is 0 Å². The van der Waals surface area contributed by atoms with Gasteiger partial charge >= 0.3 is 0 Å². The molecule has 1 aromatic rings. The first kappa shape index (κ1) is 18.4. The molecular formula is C20H27BrN2O3. The van der Waals surface area contributed by atoms with Crippen LogP contribution in [0.5, 0.6) is 0 Å². The molecule has 0 N–H and O–H groups in total. The van der Waals surface area contributed by atoms with Crippen molar-refractivity contribution in [1.29, 1.82) is 0 Å². The Morgan fingerprint density at radius 1 is 1.15 bits per heavy atom. The summed E-state index contributed by atoms with van der Waals surface area (Å²) in [6, 6.07) is 8.53. The normalized spacial score (nSPS) is 30.0. The molecule has 2 heterocycles. The molecule has 26 heavy (non-hydrogen) atoms. The van der Waals surface area contributed by atoms with Crippen LogP contribution in [0.3, 0.4) is 0 Å². The van der Waals surface area contributed by atoms with E-state index in [-0.39, 0.29) is 24.2 Å². The number of ether oxygens (including phenoxy) is 2. The summed E-state index contributed by atoms with van der Waals surface area (Å²) in [7, 11) is 0. The van der Waals surface area contributed by atoms with Gasteiger partial charge in [-0.05, 0) is 30.5 Å². The molecule has 0 radical (unpaired) electrons. The van der Waals surface area contributed by atoms with Gasteiger partial charge in [0.25, 0.3) is 0 Å². The lowest BCUT2D eigenvalue weighted by atomic mass is 9.90. The van der Waals surface area contributed by atoms with Gasteiger partial charge in [-0.3, -0.25) is 9.69 Å². The molecule has 3 aliphatic rings. The lowest BCUT2D eigenvalue weighted by Crippen LogP contribution is -2.57. The topological polar surface area (TPSA) is 42.0 Å². The van der Waals surface area contributed by atoms with Gasteiger partial charge in [0.1, 0.15) is 0 Å². The summed E-state index contributed by atoms with van der Waals surface area (Å²) in [4.78, 5) is 17.3. The van der Waals surface area contributed by atoms with E-state index in [0.717, 1.165) is 42.5 Å². The van der Waals surface area contributed by atoms with Crippen LogP contribution in [0.4, 0.5) is 0 Å². The van der Waals surface area contributed by atoms with Gasteiger partial charge in [-0.25, -0.2) is 0 Å². The van der Waals surface area contributed by atoms with Gasteiger partial charge in [0, 0.05) is 24.1 Å². The number of fused-ring (bicyclic) bond motifs is 1. The number of nitrogens with zero attached hydrogens (tertiary/aromatic N) is 2. The number of hydrogen-bond acceptors (Lipinski definition) is 4. The van der Waals surface area contributed by atoms with Crippen molar-refractivity contribution in [3.8, 4) is 0 Å². The molecule has 1 aromatic carbocycles. The van der Waals surface area contributed by atoms with E-state index in [1.54, 1.807) is 0 Å². The minimum atomic E-state index is 0.0289. The van der Waals surface area contributed by atoms with Crippen LogP contribution in [-0.2, 0) is 14.3 Å². The molecule has 6 heteroatoms. The zero-order valence-corrected chi connectivity index (χ0v) is 16.7. The highest BCUT2D eigenvalue weighted by Gasteiger charge is 2.37. The molecule has 3 fully saturated rings. The maximum Gasteiger partial charge on any atom is 0.237 e. The number of amides is 1. The molecule has 1 aliphatic carbocycles. The van der Waals surface area contributed by atoms with Gasteiger partial charge in [-0.2, -0.15) is 0 Å². The molecule has 2 aliphatic heterocycles. The molecular weight excluding hydrogens is 396 g/mol. The van der Waals surface area contributed by atoms with Crippen molar-refractivity contribution in [3.63, 3.8) is 0 Å². The van der Waals surface area contributed by atoms with E-state index in [9.17, 15) is 4.79 Å². The fraction of sp³-hybridized carbons (Fsp3) is 0.650. The van der Waals surface area contributed by atoms with Gasteiger partial charge in [0.2, 0.25) is 5.91 Å². The Kier molecular flexibility index (Phi) is 5.93. The van der Waals surface area contributed by atoms with Crippen molar-refractivity contribution >= 4 is 21.8 Å². The smallest absolute Gasteiger partial charge is 0.237 e. The molecule has 4 rings (SSSR count). The second-order valence-corrected chi connectivity index (χ2v) is 8.41. The van der Waals surface area contributed by atoms with Gasteiger partial charge < -0.3 is 14.4 Å². The number of carbonyl (C=O) groups excluding carboxylic acids is 1. The number of hydrogen-bond donors (Lipinski definition) is 0. The molecule has 3 atom stereocenters. The fourth-order valence-electron chi connectivity index (χ4n) is 4.44. The molecule has 0 aromatic heterocycles. The van der Waals surface area contributed by atoms with Crippen molar-refractivity contribution < 1.29 is 14.3 Å². The Balaban J connectivity index is 1.37. The first-order chi connectivity index (χ1) is 12.7. The van der Waals surface area contributed by atoms with E-state index in [1.807, 2.05) is 12.1 Å². The zero-order chi connectivity index (χ0) is 17.9. The molecule has 3 unspecified atom stereocenters. The van der Waals surface area contributed by atoms with Crippen LogP contribution in [0.2, 0.25) is 0 Å². The van der Waals surface area contributed by atoms with Crippen LogP contribution >= 0.6 is 15.9 Å². The van der Waals surface area contributed by atoms with Crippen molar-refractivity contribution in [2.24, 2.45) is 0 Å². The minimum Gasteiger partial charge on any atom is -0.374 e. The van der Waals surface area contributed by atoms with E-state index in [2.05, 4.69) is 37.9 Å². The highest BCUT2D eigenvalue weighted by molar-refractivity contribution is 9.10. The molecule has 1 amide bonds. The van der Waals surface area contributed by atoms with Crippen LogP contribution < -0.4 is 0 Å². The van der Waals surface area contributed by atoms with Gasteiger partial charge in [0.05, 0.1) is 38.0 Å². The summed E-state index contributed by atoms with van der Waals surface area (Å²) in [6.45, 7) is 4.14. The summed E-state index contributed by atoms with van der Waals surface area (Å²) >= 11 is 3.53. The number of halogens is 1. The van der Waals surface area contributed by atoms with Crippen molar-refractivity contribution in [2.75, 3.05) is 39.4 Å². The van der Waals surface area contributed by atoms with Crippen molar-refractivity contribution in [2.45, 2.75) is 43.9 Å². The molecule has 0 bridgehead atoms. The van der Waals surface area contributed by atoms with E-state index in [0.29, 0.717) is 19.8 Å². The van der Waals surface area contributed by atoms with Crippen molar-refractivity contribution in [3.05, 3.63) is 34.3 Å². The zero-order valence-electron chi connectivity index (χ0n) is 15.1. The lowest BCUT2D eigenvalue weighted by Gasteiger charge is -2.44. The third-order valence-electron chi connectivity index (χ3n) is 5.78. The molecule has 1 saturated carbocycles. The summed E-state index contributed by atoms with van der Waals surface area (Å²) in [5.41, 5.74) is 1.16. The summed E-state index contributed by atoms with van der Waals surface area (Å²) < 4.78 is 12.9. The Bertz CT molecular complexity index is 639. The van der Waals surface area contributed by atoms with Crippen LogP contribution in [0.25, 0.3) is 0 Å². The number of carbonyl (C=O) groups is 1. The quantitative estimate of drug-likeness (QED) is 0.750. The highest BCUT2D eigenvalue weighted by atomic mass is 79.9. The third kappa shape index (κ3) is 4.14.